The van der Waals surface area contributed by atoms with Gasteiger partial charge in [-0.25, -0.2) is 4.99 Å². The molecule has 7 heteroatoms. The number of carbonyl (C=O) groups excluding carboxylic acids is 1. The fraction of sp³-hybridized carbons (Fsp3) is 0.333. The predicted molar refractivity (Wildman–Crippen MR) is 117 cm³/mol. The van der Waals surface area contributed by atoms with Crippen molar-refractivity contribution in [2.24, 2.45) is 4.99 Å². The van der Waals surface area contributed by atoms with Crippen molar-refractivity contribution in [1.29, 1.82) is 0 Å². The van der Waals surface area contributed by atoms with Crippen molar-refractivity contribution < 1.29 is 4.79 Å². The fourth-order valence-electron chi connectivity index (χ4n) is 2.22. The Balaban J connectivity index is 0.00000312. The standard InChI is InChI=1S/C18H24N4OS.HI/c1-3-19-18(20-10-9-17-8-5-11-24-17)21-13-15-6-4-7-16(12-15)22-14(2)23;/h4-8,11-12H,3,9-10,13H2,1-2H3,(H,22,23)(H2,19,20,21);1H. The summed E-state index contributed by atoms with van der Waals surface area (Å²) >= 11 is 1.77. The van der Waals surface area contributed by atoms with Gasteiger partial charge in [0.15, 0.2) is 5.96 Å². The van der Waals surface area contributed by atoms with Crippen LogP contribution in [0, 0.1) is 0 Å². The summed E-state index contributed by atoms with van der Waals surface area (Å²) in [5.74, 6) is 0.734. The first-order valence-corrected chi connectivity index (χ1v) is 8.96. The number of carbonyl (C=O) groups is 1. The Morgan fingerprint density at radius 3 is 2.72 bits per heavy atom. The lowest BCUT2D eigenvalue weighted by molar-refractivity contribution is -0.114. The highest BCUT2D eigenvalue weighted by Gasteiger charge is 2.00. The Morgan fingerprint density at radius 2 is 2.04 bits per heavy atom. The van der Waals surface area contributed by atoms with Crippen molar-refractivity contribution in [3.8, 4) is 0 Å². The topological polar surface area (TPSA) is 65.5 Å². The molecular weight excluding hydrogens is 447 g/mol. The third-order valence-electron chi connectivity index (χ3n) is 3.26. The van der Waals surface area contributed by atoms with Crippen molar-refractivity contribution in [2.75, 3.05) is 18.4 Å². The normalized spacial score (nSPS) is 10.7. The predicted octanol–water partition coefficient (Wildman–Crippen LogP) is 3.62. The Morgan fingerprint density at radius 1 is 1.20 bits per heavy atom. The molecule has 0 aliphatic rings. The van der Waals surface area contributed by atoms with E-state index in [1.54, 1.807) is 11.3 Å². The van der Waals surface area contributed by atoms with Crippen molar-refractivity contribution in [1.82, 2.24) is 10.6 Å². The van der Waals surface area contributed by atoms with Crippen LogP contribution in [0.5, 0.6) is 0 Å². The van der Waals surface area contributed by atoms with Crippen molar-refractivity contribution in [2.45, 2.75) is 26.8 Å². The summed E-state index contributed by atoms with van der Waals surface area (Å²) < 4.78 is 0. The highest BCUT2D eigenvalue weighted by atomic mass is 127. The van der Waals surface area contributed by atoms with Gasteiger partial charge in [-0.3, -0.25) is 4.79 Å². The van der Waals surface area contributed by atoms with E-state index in [9.17, 15) is 4.79 Å². The molecular formula is C18H25IN4OS. The molecule has 2 rings (SSSR count). The molecule has 0 saturated carbocycles. The second-order valence-corrected chi connectivity index (χ2v) is 6.37. The smallest absolute Gasteiger partial charge is 0.221 e. The minimum Gasteiger partial charge on any atom is -0.357 e. The molecule has 3 N–H and O–H groups in total. The number of nitrogens with one attached hydrogen (secondary N) is 3. The van der Waals surface area contributed by atoms with E-state index in [4.69, 9.17) is 0 Å². The molecule has 0 spiro atoms. The van der Waals surface area contributed by atoms with Gasteiger partial charge in [0.2, 0.25) is 5.91 Å². The SMILES string of the molecule is CCNC(=NCc1cccc(NC(C)=O)c1)NCCc1cccs1.I. The molecule has 0 unspecified atom stereocenters. The summed E-state index contributed by atoms with van der Waals surface area (Å²) in [6, 6.07) is 12.0. The minimum absolute atomic E-state index is 0. The third-order valence-corrected chi connectivity index (χ3v) is 4.19. The van der Waals surface area contributed by atoms with E-state index in [2.05, 4.69) is 38.5 Å². The summed E-state index contributed by atoms with van der Waals surface area (Å²) in [7, 11) is 0. The number of hydrogen-bond donors (Lipinski definition) is 3. The summed E-state index contributed by atoms with van der Waals surface area (Å²) in [6.45, 7) is 5.77. The minimum atomic E-state index is -0.0702. The third kappa shape index (κ3) is 8.35. The Bertz CT molecular complexity index is 673. The van der Waals surface area contributed by atoms with Gasteiger partial charge in [-0.2, -0.15) is 0 Å². The van der Waals surface area contributed by atoms with E-state index in [1.807, 2.05) is 31.2 Å². The van der Waals surface area contributed by atoms with Crippen molar-refractivity contribution >= 4 is 52.9 Å². The van der Waals surface area contributed by atoms with Gasteiger partial charge in [0, 0.05) is 30.6 Å². The van der Waals surface area contributed by atoms with Crippen molar-refractivity contribution in [3.63, 3.8) is 0 Å². The maximum Gasteiger partial charge on any atom is 0.221 e. The lowest BCUT2D eigenvalue weighted by atomic mass is 10.2. The van der Waals surface area contributed by atoms with Gasteiger partial charge in [-0.1, -0.05) is 18.2 Å². The van der Waals surface area contributed by atoms with Gasteiger partial charge in [0.25, 0.3) is 0 Å². The van der Waals surface area contributed by atoms with E-state index in [1.165, 1.54) is 11.8 Å². The number of halogens is 1. The first-order valence-electron chi connectivity index (χ1n) is 8.08. The quantitative estimate of drug-likeness (QED) is 0.328. The molecule has 136 valence electrons. The number of guanidine groups is 1. The maximum absolute atomic E-state index is 11.1. The summed E-state index contributed by atoms with van der Waals surface area (Å²) in [4.78, 5) is 17.1. The molecule has 2 aromatic rings. The van der Waals surface area contributed by atoms with Crippen LogP contribution in [0.25, 0.3) is 0 Å². The zero-order valence-electron chi connectivity index (χ0n) is 14.5. The molecule has 0 aliphatic carbocycles. The number of benzene rings is 1. The zero-order valence-corrected chi connectivity index (χ0v) is 17.7. The van der Waals surface area contributed by atoms with E-state index in [0.717, 1.165) is 36.7 Å². The van der Waals surface area contributed by atoms with Crippen LogP contribution in [0.4, 0.5) is 5.69 Å². The highest BCUT2D eigenvalue weighted by Crippen LogP contribution is 2.11. The van der Waals surface area contributed by atoms with E-state index >= 15 is 0 Å². The van der Waals surface area contributed by atoms with E-state index in [0.29, 0.717) is 6.54 Å². The first-order chi connectivity index (χ1) is 11.7. The number of nitrogens with zero attached hydrogens (tertiary/aromatic N) is 1. The average molecular weight is 472 g/mol. The van der Waals surface area contributed by atoms with E-state index in [-0.39, 0.29) is 29.9 Å². The van der Waals surface area contributed by atoms with Crippen LogP contribution in [0.15, 0.2) is 46.8 Å². The highest BCUT2D eigenvalue weighted by molar-refractivity contribution is 14.0. The van der Waals surface area contributed by atoms with Gasteiger partial charge < -0.3 is 16.0 Å². The van der Waals surface area contributed by atoms with Gasteiger partial charge in [-0.15, -0.1) is 35.3 Å². The van der Waals surface area contributed by atoms with Gasteiger partial charge >= 0.3 is 0 Å². The fourth-order valence-corrected chi connectivity index (χ4v) is 2.93. The van der Waals surface area contributed by atoms with Crippen LogP contribution in [-0.4, -0.2) is 25.0 Å². The second kappa shape index (κ2) is 11.9. The molecule has 0 radical (unpaired) electrons. The molecule has 1 heterocycles. The molecule has 1 aromatic heterocycles. The number of amides is 1. The molecule has 0 aliphatic heterocycles. The Kier molecular flexibility index (Phi) is 10.2. The van der Waals surface area contributed by atoms with Gasteiger partial charge in [-0.05, 0) is 42.5 Å². The van der Waals surface area contributed by atoms with Crippen LogP contribution in [0.2, 0.25) is 0 Å². The lowest BCUT2D eigenvalue weighted by Crippen LogP contribution is -2.38. The molecule has 1 aromatic carbocycles. The number of anilines is 1. The molecule has 5 nitrogen and oxygen atoms in total. The molecule has 0 atom stereocenters. The maximum atomic E-state index is 11.1. The summed E-state index contributed by atoms with van der Waals surface area (Å²) in [5.41, 5.74) is 1.85. The molecule has 0 fully saturated rings. The Labute approximate surface area is 170 Å². The summed E-state index contributed by atoms with van der Waals surface area (Å²) in [6.07, 6.45) is 0.986. The number of thiophene rings is 1. The molecule has 25 heavy (non-hydrogen) atoms. The summed E-state index contributed by atoms with van der Waals surface area (Å²) in [5, 5.41) is 11.5. The zero-order chi connectivity index (χ0) is 17.2. The van der Waals surface area contributed by atoms with Gasteiger partial charge in [0.1, 0.15) is 0 Å². The number of rotatable bonds is 7. The Hall–Kier alpha value is -1.61. The number of hydrogen-bond acceptors (Lipinski definition) is 3. The van der Waals surface area contributed by atoms with Crippen LogP contribution < -0.4 is 16.0 Å². The van der Waals surface area contributed by atoms with Crippen LogP contribution in [-0.2, 0) is 17.8 Å². The van der Waals surface area contributed by atoms with Crippen molar-refractivity contribution in [3.05, 3.63) is 52.2 Å². The largest absolute Gasteiger partial charge is 0.357 e. The molecule has 1 amide bonds. The number of aliphatic imine (C=N–C) groups is 1. The second-order valence-electron chi connectivity index (χ2n) is 5.33. The molecule has 0 saturated heterocycles. The van der Waals surface area contributed by atoms with Crippen LogP contribution >= 0.6 is 35.3 Å². The average Bonchev–Trinajstić information content (AvgIpc) is 3.06. The molecule has 0 bridgehead atoms. The van der Waals surface area contributed by atoms with E-state index < -0.39 is 0 Å². The van der Waals surface area contributed by atoms with Crippen LogP contribution in [0.3, 0.4) is 0 Å². The van der Waals surface area contributed by atoms with Crippen LogP contribution in [0.1, 0.15) is 24.3 Å². The van der Waals surface area contributed by atoms with Gasteiger partial charge in [0.05, 0.1) is 6.54 Å². The monoisotopic (exact) mass is 472 g/mol. The lowest BCUT2D eigenvalue weighted by Gasteiger charge is -2.11. The first kappa shape index (κ1) is 21.4.